The Bertz CT molecular complexity index is 512. The first-order valence-electron chi connectivity index (χ1n) is 6.74. The number of fused-ring (bicyclic) bond motifs is 1. The van der Waals surface area contributed by atoms with Gasteiger partial charge in [0.25, 0.3) is 0 Å². The van der Waals surface area contributed by atoms with Crippen molar-refractivity contribution in [2.75, 3.05) is 13.2 Å². The van der Waals surface area contributed by atoms with Crippen LogP contribution in [0.25, 0.3) is 0 Å². The minimum absolute atomic E-state index is 0.141. The molecule has 0 saturated heterocycles. The average molecular weight is 277 g/mol. The van der Waals surface area contributed by atoms with E-state index in [0.29, 0.717) is 13.0 Å². The van der Waals surface area contributed by atoms with Gasteiger partial charge in [-0.1, -0.05) is 18.2 Å². The van der Waals surface area contributed by atoms with Gasteiger partial charge in [0.1, 0.15) is 12.3 Å². The molecule has 1 atom stereocenters. The fourth-order valence-electron chi connectivity index (χ4n) is 2.46. The Hall–Kier alpha value is -2.04. The predicted molar refractivity (Wildman–Crippen MR) is 73.8 cm³/mol. The van der Waals surface area contributed by atoms with Crippen LogP contribution in [0.4, 0.5) is 0 Å². The van der Waals surface area contributed by atoms with Crippen LogP contribution in [0.3, 0.4) is 0 Å². The number of amides is 1. The van der Waals surface area contributed by atoms with Gasteiger partial charge in [0.2, 0.25) is 5.91 Å². The molecule has 0 aliphatic carbocycles. The van der Waals surface area contributed by atoms with E-state index in [9.17, 15) is 9.59 Å². The van der Waals surface area contributed by atoms with Crippen molar-refractivity contribution in [3.8, 4) is 5.75 Å². The molecule has 1 amide bonds. The Morgan fingerprint density at radius 1 is 1.40 bits per heavy atom. The Morgan fingerprint density at radius 2 is 2.10 bits per heavy atom. The van der Waals surface area contributed by atoms with Crippen molar-refractivity contribution >= 4 is 11.9 Å². The van der Waals surface area contributed by atoms with Gasteiger partial charge < -0.3 is 14.7 Å². The van der Waals surface area contributed by atoms with Crippen molar-refractivity contribution in [3.63, 3.8) is 0 Å². The number of carboxylic acid groups (broad SMARTS) is 1. The summed E-state index contributed by atoms with van der Waals surface area (Å²) in [6, 6.07) is 7.30. The van der Waals surface area contributed by atoms with Crippen LogP contribution in [0.5, 0.6) is 5.75 Å². The second-order valence-corrected chi connectivity index (χ2v) is 5.18. The van der Waals surface area contributed by atoms with E-state index >= 15 is 0 Å². The fourth-order valence-corrected chi connectivity index (χ4v) is 2.46. The van der Waals surface area contributed by atoms with Crippen LogP contribution >= 0.6 is 0 Å². The van der Waals surface area contributed by atoms with E-state index in [1.54, 1.807) is 0 Å². The summed E-state index contributed by atoms with van der Waals surface area (Å²) >= 11 is 0. The van der Waals surface area contributed by atoms with Crippen molar-refractivity contribution in [1.29, 1.82) is 0 Å². The van der Waals surface area contributed by atoms with Crippen LogP contribution < -0.4 is 4.74 Å². The molecule has 1 aliphatic rings. The molecule has 0 unspecified atom stereocenters. The van der Waals surface area contributed by atoms with Gasteiger partial charge in [-0.25, -0.2) is 0 Å². The molecule has 0 spiro atoms. The summed E-state index contributed by atoms with van der Waals surface area (Å²) in [7, 11) is 0. The Labute approximate surface area is 118 Å². The number of rotatable bonds is 4. The molecule has 20 heavy (non-hydrogen) atoms. The maximum Gasteiger partial charge on any atom is 0.323 e. The standard InChI is InChI=1S/C15H19NO4/c1-10(2)16(9-14(17)18)15(19)12-7-8-20-13-6-4-3-5-11(12)13/h3-6,10,12H,7-9H2,1-2H3,(H,17,18)/t12-/m0/s1. The summed E-state index contributed by atoms with van der Waals surface area (Å²) in [6.45, 7) is 3.86. The highest BCUT2D eigenvalue weighted by Gasteiger charge is 2.32. The van der Waals surface area contributed by atoms with Crippen LogP contribution in [0.1, 0.15) is 31.7 Å². The minimum atomic E-state index is -0.993. The average Bonchev–Trinajstić information content (AvgIpc) is 2.43. The number of hydrogen-bond acceptors (Lipinski definition) is 3. The first kappa shape index (κ1) is 14.4. The highest BCUT2D eigenvalue weighted by molar-refractivity contribution is 5.87. The molecule has 0 radical (unpaired) electrons. The van der Waals surface area contributed by atoms with E-state index in [4.69, 9.17) is 9.84 Å². The predicted octanol–water partition coefficient (Wildman–Crippen LogP) is 1.87. The number of carbonyl (C=O) groups excluding carboxylic acids is 1. The molecule has 1 aromatic carbocycles. The summed E-state index contributed by atoms with van der Waals surface area (Å²) in [6.07, 6.45) is 0.582. The molecular formula is C15H19NO4. The second-order valence-electron chi connectivity index (χ2n) is 5.18. The van der Waals surface area contributed by atoms with Gasteiger partial charge >= 0.3 is 5.97 Å². The molecule has 0 aromatic heterocycles. The molecule has 0 fully saturated rings. The smallest absolute Gasteiger partial charge is 0.323 e. The van der Waals surface area contributed by atoms with Crippen LogP contribution in [-0.2, 0) is 9.59 Å². The van der Waals surface area contributed by atoms with Crippen molar-refractivity contribution in [3.05, 3.63) is 29.8 Å². The third-order valence-electron chi connectivity index (χ3n) is 3.47. The summed E-state index contributed by atoms with van der Waals surface area (Å²) in [4.78, 5) is 25.0. The fraction of sp³-hybridized carbons (Fsp3) is 0.467. The first-order valence-corrected chi connectivity index (χ1v) is 6.74. The first-order chi connectivity index (χ1) is 9.50. The van der Waals surface area contributed by atoms with E-state index in [0.717, 1.165) is 11.3 Å². The van der Waals surface area contributed by atoms with Gasteiger partial charge in [0, 0.05) is 11.6 Å². The molecular weight excluding hydrogens is 258 g/mol. The number of carbonyl (C=O) groups is 2. The maximum atomic E-state index is 12.6. The number of nitrogens with zero attached hydrogens (tertiary/aromatic N) is 1. The molecule has 0 bridgehead atoms. The highest BCUT2D eigenvalue weighted by Crippen LogP contribution is 2.34. The second kappa shape index (κ2) is 5.94. The van der Waals surface area contributed by atoms with Crippen molar-refractivity contribution in [2.45, 2.75) is 32.2 Å². The lowest BCUT2D eigenvalue weighted by Crippen LogP contribution is -2.44. The topological polar surface area (TPSA) is 66.8 Å². The van der Waals surface area contributed by atoms with Crippen LogP contribution in [0.2, 0.25) is 0 Å². The zero-order valence-corrected chi connectivity index (χ0v) is 11.7. The van der Waals surface area contributed by atoms with Crippen molar-refractivity contribution < 1.29 is 19.4 Å². The number of para-hydroxylation sites is 1. The molecule has 1 aromatic rings. The third-order valence-corrected chi connectivity index (χ3v) is 3.47. The van der Waals surface area contributed by atoms with E-state index in [2.05, 4.69) is 0 Å². The largest absolute Gasteiger partial charge is 0.493 e. The van der Waals surface area contributed by atoms with Crippen molar-refractivity contribution in [2.24, 2.45) is 0 Å². The summed E-state index contributed by atoms with van der Waals surface area (Å²) in [5.41, 5.74) is 0.847. The van der Waals surface area contributed by atoms with Gasteiger partial charge in [-0.3, -0.25) is 9.59 Å². The lowest BCUT2D eigenvalue weighted by molar-refractivity contribution is -0.146. The molecule has 1 heterocycles. The molecule has 2 rings (SSSR count). The van der Waals surface area contributed by atoms with E-state index in [-0.39, 0.29) is 24.4 Å². The maximum absolute atomic E-state index is 12.6. The molecule has 1 aliphatic heterocycles. The zero-order valence-electron chi connectivity index (χ0n) is 11.7. The number of aliphatic carboxylic acids is 1. The van der Waals surface area contributed by atoms with Gasteiger partial charge in [0.05, 0.1) is 12.5 Å². The molecule has 5 nitrogen and oxygen atoms in total. The quantitative estimate of drug-likeness (QED) is 0.912. The van der Waals surface area contributed by atoms with Crippen LogP contribution in [0, 0.1) is 0 Å². The van der Waals surface area contributed by atoms with Gasteiger partial charge in [-0.05, 0) is 26.3 Å². The summed E-state index contributed by atoms with van der Waals surface area (Å²) in [5, 5.41) is 8.96. The molecule has 5 heteroatoms. The van der Waals surface area contributed by atoms with Crippen LogP contribution in [-0.4, -0.2) is 41.1 Å². The number of carboxylic acids is 1. The highest BCUT2D eigenvalue weighted by atomic mass is 16.5. The Morgan fingerprint density at radius 3 is 2.75 bits per heavy atom. The molecule has 0 saturated carbocycles. The van der Waals surface area contributed by atoms with Crippen LogP contribution in [0.15, 0.2) is 24.3 Å². The molecule has 1 N–H and O–H groups in total. The van der Waals surface area contributed by atoms with Gasteiger partial charge in [-0.15, -0.1) is 0 Å². The Balaban J connectivity index is 2.26. The zero-order chi connectivity index (χ0) is 14.7. The SMILES string of the molecule is CC(C)N(CC(=O)O)C(=O)[C@H]1CCOc2ccccc21. The number of ether oxygens (including phenoxy) is 1. The monoisotopic (exact) mass is 277 g/mol. The van der Waals surface area contributed by atoms with E-state index in [1.807, 2.05) is 38.1 Å². The van der Waals surface area contributed by atoms with E-state index < -0.39 is 5.97 Å². The van der Waals surface area contributed by atoms with E-state index in [1.165, 1.54) is 4.90 Å². The lowest BCUT2D eigenvalue weighted by Gasteiger charge is -2.32. The lowest BCUT2D eigenvalue weighted by atomic mass is 9.91. The van der Waals surface area contributed by atoms with Crippen molar-refractivity contribution in [1.82, 2.24) is 4.90 Å². The van der Waals surface area contributed by atoms with Gasteiger partial charge in [0.15, 0.2) is 0 Å². The number of hydrogen-bond donors (Lipinski definition) is 1. The normalized spacial score (nSPS) is 17.2. The molecule has 108 valence electrons. The summed E-state index contributed by atoms with van der Waals surface area (Å²) < 4.78 is 5.54. The third kappa shape index (κ3) is 2.92. The number of benzene rings is 1. The minimum Gasteiger partial charge on any atom is -0.493 e. The van der Waals surface area contributed by atoms with Gasteiger partial charge in [-0.2, -0.15) is 0 Å². The Kier molecular flexibility index (Phi) is 4.27. The summed E-state index contributed by atoms with van der Waals surface area (Å²) in [5.74, 6) is -0.733.